The van der Waals surface area contributed by atoms with Gasteiger partial charge in [0.25, 0.3) is 0 Å². The monoisotopic (exact) mass is 326 g/mol. The molecule has 0 heterocycles. The van der Waals surface area contributed by atoms with Crippen molar-refractivity contribution in [1.82, 2.24) is 10.6 Å². The van der Waals surface area contributed by atoms with Crippen molar-refractivity contribution in [3.63, 3.8) is 0 Å². The number of nitrogens with one attached hydrogen (secondary N) is 2. The first-order valence-corrected chi connectivity index (χ1v) is 8.77. The first-order chi connectivity index (χ1) is 11.7. The zero-order valence-corrected chi connectivity index (χ0v) is 14.5. The molecule has 0 radical (unpaired) electrons. The molecule has 2 amide bonds. The fourth-order valence-electron chi connectivity index (χ4n) is 3.44. The van der Waals surface area contributed by atoms with E-state index in [0.717, 1.165) is 28.5 Å². The van der Waals surface area contributed by atoms with E-state index in [0.29, 0.717) is 18.5 Å². The number of carbonyl (C=O) groups excluding carboxylic acids is 1. The highest BCUT2D eigenvalue weighted by Crippen LogP contribution is 2.24. The quantitative estimate of drug-likeness (QED) is 0.883. The van der Waals surface area contributed by atoms with E-state index < -0.39 is 0 Å². The summed E-state index contributed by atoms with van der Waals surface area (Å²) in [4.78, 5) is 12.1. The van der Waals surface area contributed by atoms with E-state index in [4.69, 9.17) is 4.74 Å². The molecule has 1 aliphatic carbocycles. The van der Waals surface area contributed by atoms with Gasteiger partial charge in [-0.3, -0.25) is 0 Å². The van der Waals surface area contributed by atoms with E-state index in [1.165, 1.54) is 19.3 Å². The number of carbonyl (C=O) groups is 1. The molecule has 2 atom stereocenters. The number of urea groups is 1. The average Bonchev–Trinajstić information content (AvgIpc) is 2.61. The van der Waals surface area contributed by atoms with Crippen molar-refractivity contribution in [2.24, 2.45) is 5.92 Å². The van der Waals surface area contributed by atoms with Crippen LogP contribution in [0.3, 0.4) is 0 Å². The summed E-state index contributed by atoms with van der Waals surface area (Å²) in [6, 6.07) is 12.5. The van der Waals surface area contributed by atoms with Crippen LogP contribution >= 0.6 is 0 Å². The summed E-state index contributed by atoms with van der Waals surface area (Å²) in [6.45, 7) is 2.76. The van der Waals surface area contributed by atoms with Crippen LogP contribution in [0.5, 0.6) is 5.75 Å². The number of ether oxygens (including phenoxy) is 1. The van der Waals surface area contributed by atoms with Gasteiger partial charge in [0.05, 0.1) is 7.11 Å². The van der Waals surface area contributed by atoms with E-state index >= 15 is 0 Å². The van der Waals surface area contributed by atoms with E-state index in [2.05, 4.69) is 29.7 Å². The predicted molar refractivity (Wildman–Crippen MR) is 97.3 cm³/mol. The third-order valence-corrected chi connectivity index (χ3v) is 4.99. The zero-order chi connectivity index (χ0) is 16.9. The van der Waals surface area contributed by atoms with Crippen molar-refractivity contribution < 1.29 is 9.53 Å². The summed E-state index contributed by atoms with van der Waals surface area (Å²) in [5.41, 5.74) is 1.10. The molecule has 1 aliphatic rings. The predicted octanol–water partition coefficient (Wildman–Crippen LogP) is 4.23. The van der Waals surface area contributed by atoms with Crippen LogP contribution in [0.25, 0.3) is 10.8 Å². The van der Waals surface area contributed by atoms with E-state index in [1.54, 1.807) is 7.11 Å². The zero-order valence-electron chi connectivity index (χ0n) is 14.5. The van der Waals surface area contributed by atoms with E-state index in [9.17, 15) is 4.79 Å². The Morgan fingerprint density at radius 3 is 2.67 bits per heavy atom. The van der Waals surface area contributed by atoms with Gasteiger partial charge < -0.3 is 15.4 Å². The third kappa shape index (κ3) is 3.99. The van der Waals surface area contributed by atoms with Crippen LogP contribution in [0.2, 0.25) is 0 Å². The van der Waals surface area contributed by atoms with Gasteiger partial charge in [0, 0.05) is 12.6 Å². The normalized spacial score (nSPS) is 20.6. The van der Waals surface area contributed by atoms with Gasteiger partial charge in [-0.25, -0.2) is 4.79 Å². The summed E-state index contributed by atoms with van der Waals surface area (Å²) >= 11 is 0. The molecule has 1 fully saturated rings. The minimum absolute atomic E-state index is 0.0661. The Balaban J connectivity index is 1.57. The number of fused-ring (bicyclic) bond motifs is 1. The number of amides is 2. The van der Waals surface area contributed by atoms with Gasteiger partial charge in [-0.1, -0.05) is 38.0 Å². The van der Waals surface area contributed by atoms with Gasteiger partial charge in [0.1, 0.15) is 5.75 Å². The second-order valence-corrected chi connectivity index (χ2v) is 6.74. The molecule has 0 aromatic heterocycles. The summed E-state index contributed by atoms with van der Waals surface area (Å²) in [6.07, 6.45) is 4.79. The molecular weight excluding hydrogens is 300 g/mol. The Kier molecular flexibility index (Phi) is 5.24. The molecule has 2 aromatic carbocycles. The second-order valence-electron chi connectivity index (χ2n) is 6.74. The number of hydrogen-bond acceptors (Lipinski definition) is 2. The highest BCUT2D eigenvalue weighted by Gasteiger charge is 2.22. The van der Waals surface area contributed by atoms with Gasteiger partial charge in [-0.15, -0.1) is 0 Å². The molecule has 0 spiro atoms. The smallest absolute Gasteiger partial charge is 0.315 e. The lowest BCUT2D eigenvalue weighted by Gasteiger charge is -2.29. The molecule has 0 bridgehead atoms. The van der Waals surface area contributed by atoms with Crippen molar-refractivity contribution in [2.75, 3.05) is 7.11 Å². The summed E-state index contributed by atoms with van der Waals surface area (Å²) < 4.78 is 5.25. The third-order valence-electron chi connectivity index (χ3n) is 4.99. The van der Waals surface area contributed by atoms with E-state index in [-0.39, 0.29) is 6.03 Å². The summed E-state index contributed by atoms with van der Waals surface area (Å²) in [7, 11) is 1.67. The van der Waals surface area contributed by atoms with Crippen LogP contribution in [0.1, 0.15) is 38.2 Å². The summed E-state index contributed by atoms with van der Waals surface area (Å²) in [5.74, 6) is 1.43. The minimum atomic E-state index is -0.0661. The first kappa shape index (κ1) is 16.6. The van der Waals surface area contributed by atoms with Crippen molar-refractivity contribution >= 4 is 16.8 Å². The molecule has 0 aliphatic heterocycles. The Bertz CT molecular complexity index is 714. The average molecular weight is 326 g/mol. The highest BCUT2D eigenvalue weighted by molar-refractivity contribution is 5.84. The van der Waals surface area contributed by atoms with Crippen LogP contribution in [0, 0.1) is 5.92 Å². The van der Waals surface area contributed by atoms with Crippen LogP contribution in [-0.2, 0) is 6.54 Å². The molecule has 0 saturated heterocycles. The molecule has 2 N–H and O–H groups in total. The number of hydrogen-bond donors (Lipinski definition) is 2. The molecule has 4 heteroatoms. The van der Waals surface area contributed by atoms with Gasteiger partial charge in [0.2, 0.25) is 0 Å². The maximum atomic E-state index is 12.1. The molecule has 3 rings (SSSR count). The van der Waals surface area contributed by atoms with Crippen molar-refractivity contribution in [1.29, 1.82) is 0 Å². The number of benzene rings is 2. The SMILES string of the molecule is COc1ccc2cc(CNC(=O)N[C@H]3CCCC[C@H]3C)ccc2c1. The molecule has 0 unspecified atom stereocenters. The maximum absolute atomic E-state index is 12.1. The standard InChI is InChI=1S/C20H26N2O2/c1-14-5-3-4-6-19(14)22-20(23)21-13-15-7-8-17-12-18(24-2)10-9-16(17)11-15/h7-12,14,19H,3-6,13H2,1-2H3,(H2,21,22,23)/t14-,19+/m1/s1. The minimum Gasteiger partial charge on any atom is -0.497 e. The number of methoxy groups -OCH3 is 1. The Morgan fingerprint density at radius 2 is 1.88 bits per heavy atom. The molecule has 128 valence electrons. The molecule has 1 saturated carbocycles. The lowest BCUT2D eigenvalue weighted by molar-refractivity contribution is 0.221. The lowest BCUT2D eigenvalue weighted by atomic mass is 9.86. The van der Waals surface area contributed by atoms with Gasteiger partial charge in [0.15, 0.2) is 0 Å². The Hall–Kier alpha value is -2.23. The Morgan fingerprint density at radius 1 is 1.12 bits per heavy atom. The Labute approximate surface area is 143 Å². The molecule has 2 aromatic rings. The van der Waals surface area contributed by atoms with Crippen molar-refractivity contribution in [2.45, 2.75) is 45.2 Å². The van der Waals surface area contributed by atoms with Gasteiger partial charge >= 0.3 is 6.03 Å². The molecule has 24 heavy (non-hydrogen) atoms. The van der Waals surface area contributed by atoms with Crippen LogP contribution in [-0.4, -0.2) is 19.2 Å². The topological polar surface area (TPSA) is 50.4 Å². The maximum Gasteiger partial charge on any atom is 0.315 e. The van der Waals surface area contributed by atoms with Crippen molar-refractivity contribution in [3.8, 4) is 5.75 Å². The number of rotatable bonds is 4. The fourth-order valence-corrected chi connectivity index (χ4v) is 3.44. The lowest BCUT2D eigenvalue weighted by Crippen LogP contribution is -2.45. The van der Waals surface area contributed by atoms with Gasteiger partial charge in [-0.2, -0.15) is 0 Å². The van der Waals surface area contributed by atoms with E-state index in [1.807, 2.05) is 24.3 Å². The second kappa shape index (κ2) is 7.56. The molecule has 4 nitrogen and oxygen atoms in total. The van der Waals surface area contributed by atoms with Crippen LogP contribution in [0.4, 0.5) is 4.79 Å². The summed E-state index contributed by atoms with van der Waals surface area (Å²) in [5, 5.41) is 8.39. The molecular formula is C20H26N2O2. The van der Waals surface area contributed by atoms with Crippen LogP contribution in [0.15, 0.2) is 36.4 Å². The highest BCUT2D eigenvalue weighted by atomic mass is 16.5. The largest absolute Gasteiger partial charge is 0.497 e. The fraction of sp³-hybridized carbons (Fsp3) is 0.450. The van der Waals surface area contributed by atoms with Crippen molar-refractivity contribution in [3.05, 3.63) is 42.0 Å². The first-order valence-electron chi connectivity index (χ1n) is 8.77. The van der Waals surface area contributed by atoms with Gasteiger partial charge in [-0.05, 0) is 53.3 Å². The van der Waals surface area contributed by atoms with Crippen LogP contribution < -0.4 is 15.4 Å².